The van der Waals surface area contributed by atoms with Crippen molar-refractivity contribution in [3.63, 3.8) is 0 Å². The van der Waals surface area contributed by atoms with Crippen LogP contribution in [0.3, 0.4) is 0 Å². The molecular formula is C23H19FN4O2S. The predicted molar refractivity (Wildman–Crippen MR) is 119 cm³/mol. The van der Waals surface area contributed by atoms with Gasteiger partial charge in [-0.05, 0) is 48.5 Å². The third-order valence-electron chi connectivity index (χ3n) is 4.47. The van der Waals surface area contributed by atoms with Crippen LogP contribution in [0.4, 0.5) is 10.1 Å². The van der Waals surface area contributed by atoms with E-state index in [-0.39, 0.29) is 17.5 Å². The normalized spacial score (nSPS) is 10.6. The summed E-state index contributed by atoms with van der Waals surface area (Å²) in [6.45, 7) is 0. The Balaban J connectivity index is 1.57. The Morgan fingerprint density at radius 1 is 1.00 bits per heavy atom. The number of rotatable bonds is 7. The highest BCUT2D eigenvalue weighted by molar-refractivity contribution is 7.99. The molecule has 4 rings (SSSR count). The standard InChI is InChI=1S/C23H19FN4O2S/c1-30-18-13-11-16(12-14-18)25-21(29)15-31-23-27-26-22(19-9-5-6-10-20(19)24)28(23)17-7-3-2-4-8-17/h2-14H,15H2,1H3,(H,25,29). The Kier molecular flexibility index (Phi) is 6.28. The number of amides is 1. The zero-order chi connectivity index (χ0) is 21.6. The molecule has 0 fully saturated rings. The van der Waals surface area contributed by atoms with Gasteiger partial charge in [0.1, 0.15) is 11.6 Å². The lowest BCUT2D eigenvalue weighted by molar-refractivity contribution is -0.113. The number of halogens is 1. The Hall–Kier alpha value is -3.65. The number of benzene rings is 3. The first kappa shape index (κ1) is 20.6. The summed E-state index contributed by atoms with van der Waals surface area (Å²) in [7, 11) is 1.59. The summed E-state index contributed by atoms with van der Waals surface area (Å²) in [6, 6.07) is 22.9. The second kappa shape index (κ2) is 9.44. The molecule has 0 bridgehead atoms. The van der Waals surface area contributed by atoms with Gasteiger partial charge in [-0.3, -0.25) is 9.36 Å². The fourth-order valence-electron chi connectivity index (χ4n) is 2.99. The van der Waals surface area contributed by atoms with Crippen LogP contribution in [0.15, 0.2) is 84.0 Å². The van der Waals surface area contributed by atoms with Crippen LogP contribution in [0.5, 0.6) is 5.75 Å². The minimum atomic E-state index is -0.388. The molecule has 0 spiro atoms. The van der Waals surface area contributed by atoms with Gasteiger partial charge in [-0.15, -0.1) is 10.2 Å². The van der Waals surface area contributed by atoms with Crippen molar-refractivity contribution in [1.29, 1.82) is 0 Å². The van der Waals surface area contributed by atoms with E-state index in [4.69, 9.17) is 4.74 Å². The number of hydrogen-bond acceptors (Lipinski definition) is 5. The van der Waals surface area contributed by atoms with Crippen molar-refractivity contribution in [2.24, 2.45) is 0 Å². The average Bonchev–Trinajstić information content (AvgIpc) is 3.23. The molecule has 31 heavy (non-hydrogen) atoms. The lowest BCUT2D eigenvalue weighted by Gasteiger charge is -2.11. The van der Waals surface area contributed by atoms with E-state index >= 15 is 0 Å². The van der Waals surface area contributed by atoms with E-state index < -0.39 is 0 Å². The number of carbonyl (C=O) groups is 1. The van der Waals surface area contributed by atoms with E-state index in [0.29, 0.717) is 28.0 Å². The maximum absolute atomic E-state index is 14.4. The molecule has 0 radical (unpaired) electrons. The zero-order valence-electron chi connectivity index (χ0n) is 16.7. The maximum atomic E-state index is 14.4. The number of nitrogens with one attached hydrogen (secondary N) is 1. The summed E-state index contributed by atoms with van der Waals surface area (Å²) < 4.78 is 21.3. The highest BCUT2D eigenvalue weighted by Crippen LogP contribution is 2.29. The van der Waals surface area contributed by atoms with Gasteiger partial charge in [0.2, 0.25) is 5.91 Å². The number of ether oxygens (including phenoxy) is 1. The highest BCUT2D eigenvalue weighted by atomic mass is 32.2. The van der Waals surface area contributed by atoms with Crippen LogP contribution in [0.2, 0.25) is 0 Å². The number of para-hydroxylation sites is 1. The second-order valence-electron chi connectivity index (χ2n) is 6.52. The molecule has 0 aliphatic carbocycles. The Morgan fingerprint density at radius 2 is 1.71 bits per heavy atom. The van der Waals surface area contributed by atoms with Gasteiger partial charge in [0.15, 0.2) is 11.0 Å². The molecule has 3 aromatic carbocycles. The fraction of sp³-hybridized carbons (Fsp3) is 0.0870. The van der Waals surface area contributed by atoms with Crippen LogP contribution in [0.25, 0.3) is 17.1 Å². The van der Waals surface area contributed by atoms with Crippen molar-refractivity contribution < 1.29 is 13.9 Å². The summed E-state index contributed by atoms with van der Waals surface area (Å²) in [4.78, 5) is 12.4. The number of hydrogen-bond donors (Lipinski definition) is 1. The lowest BCUT2D eigenvalue weighted by atomic mass is 10.2. The number of thioether (sulfide) groups is 1. The molecule has 8 heteroatoms. The Bertz CT molecular complexity index is 1180. The van der Waals surface area contributed by atoms with E-state index in [9.17, 15) is 9.18 Å². The smallest absolute Gasteiger partial charge is 0.234 e. The van der Waals surface area contributed by atoms with E-state index in [1.165, 1.54) is 17.8 Å². The van der Waals surface area contributed by atoms with Crippen LogP contribution in [0.1, 0.15) is 0 Å². The SMILES string of the molecule is COc1ccc(NC(=O)CSc2nnc(-c3ccccc3F)n2-c2ccccc2)cc1. The molecule has 0 saturated carbocycles. The van der Waals surface area contributed by atoms with Crippen molar-refractivity contribution in [3.8, 4) is 22.8 Å². The first-order chi connectivity index (χ1) is 15.2. The van der Waals surface area contributed by atoms with Gasteiger partial charge in [0.05, 0.1) is 18.4 Å². The molecule has 0 aliphatic rings. The van der Waals surface area contributed by atoms with E-state index in [1.807, 2.05) is 30.3 Å². The minimum Gasteiger partial charge on any atom is -0.497 e. The Morgan fingerprint density at radius 3 is 2.42 bits per heavy atom. The average molecular weight is 434 g/mol. The molecule has 4 aromatic rings. The molecule has 156 valence electrons. The van der Waals surface area contributed by atoms with Crippen molar-refractivity contribution in [2.75, 3.05) is 18.2 Å². The van der Waals surface area contributed by atoms with Gasteiger partial charge in [-0.2, -0.15) is 0 Å². The molecule has 0 saturated heterocycles. The molecule has 1 N–H and O–H groups in total. The van der Waals surface area contributed by atoms with Gasteiger partial charge in [-0.25, -0.2) is 4.39 Å². The topological polar surface area (TPSA) is 69.0 Å². The number of methoxy groups -OCH3 is 1. The summed E-state index contributed by atoms with van der Waals surface area (Å²) in [5.74, 6) is 0.631. The summed E-state index contributed by atoms with van der Waals surface area (Å²) in [5.41, 5.74) is 1.79. The molecule has 1 amide bonds. The van der Waals surface area contributed by atoms with Gasteiger partial charge >= 0.3 is 0 Å². The molecule has 0 atom stereocenters. The first-order valence-electron chi connectivity index (χ1n) is 9.48. The van der Waals surface area contributed by atoms with E-state index in [0.717, 1.165) is 5.69 Å². The minimum absolute atomic E-state index is 0.119. The van der Waals surface area contributed by atoms with Crippen LogP contribution >= 0.6 is 11.8 Å². The van der Waals surface area contributed by atoms with Gasteiger partial charge < -0.3 is 10.1 Å². The van der Waals surface area contributed by atoms with Crippen molar-refractivity contribution >= 4 is 23.4 Å². The third-order valence-corrected chi connectivity index (χ3v) is 5.40. The lowest BCUT2D eigenvalue weighted by Crippen LogP contribution is -2.14. The number of anilines is 1. The van der Waals surface area contributed by atoms with E-state index in [1.54, 1.807) is 54.1 Å². The van der Waals surface area contributed by atoms with Crippen LogP contribution in [-0.2, 0) is 4.79 Å². The maximum Gasteiger partial charge on any atom is 0.234 e. The monoisotopic (exact) mass is 434 g/mol. The van der Waals surface area contributed by atoms with Crippen molar-refractivity contribution in [1.82, 2.24) is 14.8 Å². The quantitative estimate of drug-likeness (QED) is 0.423. The molecule has 6 nitrogen and oxygen atoms in total. The number of nitrogens with zero attached hydrogens (tertiary/aromatic N) is 3. The van der Waals surface area contributed by atoms with Gasteiger partial charge in [0, 0.05) is 11.4 Å². The third kappa shape index (κ3) is 4.75. The van der Waals surface area contributed by atoms with E-state index in [2.05, 4.69) is 15.5 Å². The van der Waals surface area contributed by atoms with Gasteiger partial charge in [-0.1, -0.05) is 42.1 Å². The van der Waals surface area contributed by atoms with Crippen LogP contribution in [-0.4, -0.2) is 33.5 Å². The van der Waals surface area contributed by atoms with Gasteiger partial charge in [0.25, 0.3) is 0 Å². The summed E-state index contributed by atoms with van der Waals surface area (Å²) in [5, 5.41) is 11.8. The summed E-state index contributed by atoms with van der Waals surface area (Å²) >= 11 is 1.23. The van der Waals surface area contributed by atoms with Crippen molar-refractivity contribution in [2.45, 2.75) is 5.16 Å². The predicted octanol–water partition coefficient (Wildman–Crippen LogP) is 4.81. The Labute approximate surface area is 183 Å². The van der Waals surface area contributed by atoms with Crippen LogP contribution < -0.4 is 10.1 Å². The molecule has 0 unspecified atom stereocenters. The van der Waals surface area contributed by atoms with Crippen molar-refractivity contribution in [3.05, 3.63) is 84.7 Å². The summed E-state index contributed by atoms with van der Waals surface area (Å²) in [6.07, 6.45) is 0. The highest BCUT2D eigenvalue weighted by Gasteiger charge is 2.19. The first-order valence-corrected chi connectivity index (χ1v) is 10.5. The largest absolute Gasteiger partial charge is 0.497 e. The number of carbonyl (C=O) groups excluding carboxylic acids is 1. The van der Waals surface area contributed by atoms with Crippen LogP contribution in [0, 0.1) is 5.82 Å². The fourth-order valence-corrected chi connectivity index (χ4v) is 3.74. The number of aromatic nitrogens is 3. The molecule has 0 aliphatic heterocycles. The molecular weight excluding hydrogens is 415 g/mol. The second-order valence-corrected chi connectivity index (χ2v) is 7.46. The molecule has 1 heterocycles. The zero-order valence-corrected chi connectivity index (χ0v) is 17.5. The molecule has 1 aromatic heterocycles.